The fourth-order valence-corrected chi connectivity index (χ4v) is 4.18. The predicted octanol–water partition coefficient (Wildman–Crippen LogP) is 2.43. The molecule has 4 heterocycles. The Morgan fingerprint density at radius 3 is 2.68 bits per heavy atom. The van der Waals surface area contributed by atoms with E-state index in [4.69, 9.17) is 0 Å². The number of nitrogens with one attached hydrogen (secondary N) is 1. The molecule has 0 spiro atoms. The summed E-state index contributed by atoms with van der Waals surface area (Å²) >= 11 is 0. The Kier molecular flexibility index (Phi) is 5.74. The lowest BCUT2D eigenvalue weighted by Crippen LogP contribution is -2.54. The maximum atomic E-state index is 13.1. The molecule has 0 aliphatic carbocycles. The van der Waals surface area contributed by atoms with Crippen LogP contribution in [0, 0.1) is 11.7 Å². The topological polar surface area (TPSA) is 101 Å². The number of aliphatic hydroxyl groups is 1. The van der Waals surface area contributed by atoms with Crippen molar-refractivity contribution >= 4 is 17.2 Å². The Bertz CT molecular complexity index is 1310. The summed E-state index contributed by atoms with van der Waals surface area (Å²) in [6.07, 6.45) is 6.59. The van der Waals surface area contributed by atoms with Gasteiger partial charge in [-0.2, -0.15) is 10.2 Å². The third kappa shape index (κ3) is 4.36. The first-order chi connectivity index (χ1) is 16.4. The Balaban J connectivity index is 1.26. The lowest BCUT2D eigenvalue weighted by atomic mass is 9.98. The number of hydrogen-bond acceptors (Lipinski definition) is 6. The molecule has 4 aromatic rings. The highest BCUT2D eigenvalue weighted by Gasteiger charge is 2.35. The summed E-state index contributed by atoms with van der Waals surface area (Å²) in [5, 5.41) is 21.2. The molecule has 1 aromatic carbocycles. The minimum atomic E-state index is -0.478. The lowest BCUT2D eigenvalue weighted by Gasteiger charge is -2.39. The molecule has 2 N–H and O–H groups in total. The fourth-order valence-electron chi connectivity index (χ4n) is 4.18. The number of hydrogen-bond donors (Lipinski definition) is 2. The summed E-state index contributed by atoms with van der Waals surface area (Å²) in [6, 6.07) is 7.96. The maximum Gasteiger partial charge on any atom is 0.227 e. The second kappa shape index (κ2) is 8.86. The molecule has 0 saturated carbocycles. The molecule has 1 saturated heterocycles. The fraction of sp³-hybridized carbons (Fsp3) is 0.333. The number of aromatic nitrogens is 5. The van der Waals surface area contributed by atoms with Gasteiger partial charge in [-0.25, -0.2) is 13.9 Å². The van der Waals surface area contributed by atoms with Gasteiger partial charge in [-0.15, -0.1) is 0 Å². The number of carbonyl (C=O) groups is 1. The minimum absolute atomic E-state index is 0.0280. The third-order valence-corrected chi connectivity index (χ3v) is 6.08. The summed E-state index contributed by atoms with van der Waals surface area (Å²) in [6.45, 7) is 5.15. The van der Waals surface area contributed by atoms with Gasteiger partial charge in [0, 0.05) is 36.6 Å². The van der Waals surface area contributed by atoms with Gasteiger partial charge in [-0.1, -0.05) is 12.1 Å². The van der Waals surface area contributed by atoms with Gasteiger partial charge in [0.25, 0.3) is 0 Å². The minimum Gasteiger partial charge on any atom is -0.391 e. The zero-order valence-corrected chi connectivity index (χ0v) is 19.0. The average molecular weight is 464 g/mol. The highest BCUT2D eigenvalue weighted by Crippen LogP contribution is 2.30. The van der Waals surface area contributed by atoms with Crippen molar-refractivity contribution in [2.75, 3.05) is 18.0 Å². The van der Waals surface area contributed by atoms with Crippen molar-refractivity contribution in [2.24, 2.45) is 5.92 Å². The molecule has 10 heteroatoms. The number of fused-ring (bicyclic) bond motifs is 1. The van der Waals surface area contributed by atoms with E-state index in [2.05, 4.69) is 25.4 Å². The Morgan fingerprint density at radius 2 is 1.94 bits per heavy atom. The second-order valence-corrected chi connectivity index (χ2v) is 8.83. The highest BCUT2D eigenvalue weighted by atomic mass is 19.1. The summed E-state index contributed by atoms with van der Waals surface area (Å²) in [5.74, 6) is 0.300. The molecule has 0 radical (unpaired) electrons. The maximum absolute atomic E-state index is 13.1. The van der Waals surface area contributed by atoms with Gasteiger partial charge in [0.15, 0.2) is 5.82 Å². The van der Waals surface area contributed by atoms with Crippen LogP contribution in [0.4, 0.5) is 10.2 Å². The van der Waals surface area contributed by atoms with Crippen molar-refractivity contribution in [3.05, 3.63) is 66.6 Å². The summed E-state index contributed by atoms with van der Waals surface area (Å²) < 4.78 is 16.6. The van der Waals surface area contributed by atoms with Gasteiger partial charge < -0.3 is 15.3 Å². The van der Waals surface area contributed by atoms with Crippen molar-refractivity contribution < 1.29 is 14.3 Å². The van der Waals surface area contributed by atoms with Crippen LogP contribution in [0.5, 0.6) is 0 Å². The molecule has 3 aromatic heterocycles. The number of anilines is 1. The monoisotopic (exact) mass is 463 g/mol. The van der Waals surface area contributed by atoms with Crippen molar-refractivity contribution in [2.45, 2.75) is 32.5 Å². The van der Waals surface area contributed by atoms with Gasteiger partial charge in [-0.3, -0.25) is 9.48 Å². The van der Waals surface area contributed by atoms with Gasteiger partial charge >= 0.3 is 0 Å². The van der Waals surface area contributed by atoms with E-state index < -0.39 is 6.10 Å². The molecular formula is C24H26FN7O2. The Labute approximate surface area is 195 Å². The molecule has 0 bridgehead atoms. The van der Waals surface area contributed by atoms with Crippen molar-refractivity contribution in [1.82, 2.24) is 29.7 Å². The van der Waals surface area contributed by atoms with Crippen LogP contribution in [-0.2, 0) is 11.3 Å². The Hall–Kier alpha value is -3.79. The molecule has 176 valence electrons. The summed E-state index contributed by atoms with van der Waals surface area (Å²) in [4.78, 5) is 19.2. The summed E-state index contributed by atoms with van der Waals surface area (Å²) in [5.41, 5.74) is 3.58. The van der Waals surface area contributed by atoms with Crippen LogP contribution in [0.2, 0.25) is 0 Å². The van der Waals surface area contributed by atoms with Crippen molar-refractivity contribution in [3.8, 4) is 11.1 Å². The number of nitrogens with zero attached hydrogens (tertiary/aromatic N) is 6. The normalized spacial score (nSPS) is 15.8. The lowest BCUT2D eigenvalue weighted by molar-refractivity contribution is -0.126. The SMILES string of the molecule is CC(O)Cn1cc(-c2cc3c(N4CC(C(=O)NC(C)c5ccc(F)cc5)C4)ncnn3c2)cn1. The molecule has 1 aliphatic heterocycles. The molecule has 1 amide bonds. The number of halogens is 1. The molecular weight excluding hydrogens is 437 g/mol. The van der Waals surface area contributed by atoms with E-state index in [9.17, 15) is 14.3 Å². The number of aliphatic hydroxyl groups excluding tert-OH is 1. The van der Waals surface area contributed by atoms with E-state index in [1.165, 1.54) is 18.5 Å². The largest absolute Gasteiger partial charge is 0.391 e. The molecule has 2 atom stereocenters. The highest BCUT2D eigenvalue weighted by molar-refractivity contribution is 5.84. The molecule has 5 rings (SSSR count). The van der Waals surface area contributed by atoms with E-state index in [1.807, 2.05) is 25.4 Å². The zero-order chi connectivity index (χ0) is 23.8. The Morgan fingerprint density at radius 1 is 1.18 bits per heavy atom. The third-order valence-electron chi connectivity index (χ3n) is 6.08. The van der Waals surface area contributed by atoms with Gasteiger partial charge in [-0.05, 0) is 37.6 Å². The molecule has 1 aliphatic rings. The van der Waals surface area contributed by atoms with Crippen LogP contribution in [0.1, 0.15) is 25.5 Å². The first-order valence-electron chi connectivity index (χ1n) is 11.2. The van der Waals surface area contributed by atoms with Gasteiger partial charge in [0.2, 0.25) is 5.91 Å². The standard InChI is InChI=1S/C24H26FN7O2/c1-15(33)9-31-12-19(8-27-31)18-7-22-23(26-14-28-32(22)13-18)30-10-20(11-30)24(34)29-16(2)17-3-5-21(25)6-4-17/h3-8,12-16,20,33H,9-11H2,1-2H3,(H,29,34). The smallest absolute Gasteiger partial charge is 0.227 e. The van der Waals surface area contributed by atoms with E-state index in [-0.39, 0.29) is 23.7 Å². The zero-order valence-electron chi connectivity index (χ0n) is 19.0. The number of carbonyl (C=O) groups excluding carboxylic acids is 1. The van der Waals surface area contributed by atoms with Crippen LogP contribution in [-0.4, -0.2) is 54.6 Å². The first-order valence-corrected chi connectivity index (χ1v) is 11.2. The van der Waals surface area contributed by atoms with Crippen LogP contribution in [0.3, 0.4) is 0 Å². The van der Waals surface area contributed by atoms with E-state index in [1.54, 1.807) is 34.5 Å². The van der Waals surface area contributed by atoms with Crippen LogP contribution < -0.4 is 10.2 Å². The van der Waals surface area contributed by atoms with E-state index in [0.717, 1.165) is 28.0 Å². The first kappa shape index (κ1) is 22.0. The van der Waals surface area contributed by atoms with Crippen molar-refractivity contribution in [3.63, 3.8) is 0 Å². The number of amides is 1. The van der Waals surface area contributed by atoms with Crippen molar-refractivity contribution in [1.29, 1.82) is 0 Å². The molecule has 34 heavy (non-hydrogen) atoms. The predicted molar refractivity (Wildman–Crippen MR) is 125 cm³/mol. The van der Waals surface area contributed by atoms with Gasteiger partial charge in [0.1, 0.15) is 17.7 Å². The van der Waals surface area contributed by atoms with Crippen LogP contribution in [0.25, 0.3) is 16.6 Å². The quantitative estimate of drug-likeness (QED) is 0.437. The summed E-state index contributed by atoms with van der Waals surface area (Å²) in [7, 11) is 0. The van der Waals surface area contributed by atoms with E-state index in [0.29, 0.717) is 19.6 Å². The molecule has 9 nitrogen and oxygen atoms in total. The molecule has 1 fully saturated rings. The van der Waals surface area contributed by atoms with Gasteiger partial charge in [0.05, 0.1) is 30.8 Å². The van der Waals surface area contributed by atoms with Crippen LogP contribution >= 0.6 is 0 Å². The molecule has 2 unspecified atom stereocenters. The average Bonchev–Trinajstić information content (AvgIpc) is 3.40. The number of benzene rings is 1. The number of rotatable bonds is 7. The second-order valence-electron chi connectivity index (χ2n) is 8.83. The van der Waals surface area contributed by atoms with Crippen LogP contribution in [0.15, 0.2) is 55.2 Å². The van der Waals surface area contributed by atoms with E-state index >= 15 is 0 Å².